The zero-order valence-corrected chi connectivity index (χ0v) is 21.7. The van der Waals surface area contributed by atoms with Gasteiger partial charge in [-0.1, -0.05) is 44.2 Å². The summed E-state index contributed by atoms with van der Waals surface area (Å²) in [7, 11) is 0. The Morgan fingerprint density at radius 1 is 0.917 bits per heavy atom. The molecule has 0 aliphatic heterocycles. The van der Waals surface area contributed by atoms with Gasteiger partial charge in [0.05, 0.1) is 6.04 Å². The van der Waals surface area contributed by atoms with E-state index in [-0.39, 0.29) is 19.3 Å². The number of aliphatic carboxylic acids is 1. The number of rotatable bonds is 16. The van der Waals surface area contributed by atoms with Crippen molar-refractivity contribution in [1.29, 1.82) is 0 Å². The molecule has 0 fully saturated rings. The van der Waals surface area contributed by atoms with Gasteiger partial charge in [0, 0.05) is 12.8 Å². The number of carbonyl (C=O) groups is 5. The summed E-state index contributed by atoms with van der Waals surface area (Å²) in [5, 5.41) is 17.2. The van der Waals surface area contributed by atoms with Crippen molar-refractivity contribution < 1.29 is 29.1 Å². The van der Waals surface area contributed by atoms with Crippen molar-refractivity contribution >= 4 is 41.4 Å². The smallest absolute Gasteiger partial charge is 0.326 e. The first kappa shape index (κ1) is 30.9. The number of primary amides is 1. The van der Waals surface area contributed by atoms with Crippen molar-refractivity contribution in [3.63, 3.8) is 0 Å². The molecule has 200 valence electrons. The number of hydrogen-bond acceptors (Lipinski definition) is 7. The van der Waals surface area contributed by atoms with Gasteiger partial charge in [0.2, 0.25) is 23.6 Å². The number of carboxylic acids is 1. The number of hydrogen-bond donors (Lipinski definition) is 6. The summed E-state index contributed by atoms with van der Waals surface area (Å²) in [5.74, 6) is -3.58. The molecule has 1 aromatic carbocycles. The minimum atomic E-state index is -1.22. The maximum absolute atomic E-state index is 13.0. The predicted octanol–water partition coefficient (Wildman–Crippen LogP) is -0.230. The fraction of sp³-hybridized carbons (Fsp3) is 0.542. The molecule has 11 nitrogen and oxygen atoms in total. The Kier molecular flexibility index (Phi) is 13.6. The molecule has 8 N–H and O–H groups in total. The first-order valence-corrected chi connectivity index (χ1v) is 13.1. The number of amides is 4. The lowest BCUT2D eigenvalue weighted by Gasteiger charge is -2.27. The van der Waals surface area contributed by atoms with Crippen molar-refractivity contribution in [1.82, 2.24) is 16.0 Å². The Bertz CT molecular complexity index is 898. The van der Waals surface area contributed by atoms with E-state index in [1.54, 1.807) is 44.2 Å². The number of nitrogens with two attached hydrogens (primary N) is 2. The zero-order chi connectivity index (χ0) is 27.3. The van der Waals surface area contributed by atoms with Crippen LogP contribution in [0.2, 0.25) is 0 Å². The van der Waals surface area contributed by atoms with Crippen LogP contribution in [0.1, 0.15) is 38.7 Å². The molecule has 4 amide bonds. The Morgan fingerprint density at radius 3 is 2.06 bits per heavy atom. The monoisotopic (exact) mass is 523 g/mol. The number of nitrogens with one attached hydrogen (secondary N) is 3. The van der Waals surface area contributed by atoms with Crippen molar-refractivity contribution in [3.05, 3.63) is 35.9 Å². The van der Waals surface area contributed by atoms with Gasteiger partial charge in [0.15, 0.2) is 0 Å². The van der Waals surface area contributed by atoms with Crippen molar-refractivity contribution in [2.45, 2.75) is 63.7 Å². The second-order valence-corrected chi connectivity index (χ2v) is 9.76. The van der Waals surface area contributed by atoms with Gasteiger partial charge in [-0.25, -0.2) is 4.79 Å². The van der Waals surface area contributed by atoms with E-state index >= 15 is 0 Å². The van der Waals surface area contributed by atoms with E-state index in [2.05, 4.69) is 16.0 Å². The van der Waals surface area contributed by atoms with Gasteiger partial charge in [-0.05, 0) is 36.3 Å². The zero-order valence-electron chi connectivity index (χ0n) is 20.9. The molecule has 0 saturated heterocycles. The highest BCUT2D eigenvalue weighted by Crippen LogP contribution is 2.09. The van der Waals surface area contributed by atoms with Crippen LogP contribution in [-0.4, -0.2) is 70.9 Å². The average molecular weight is 524 g/mol. The van der Waals surface area contributed by atoms with E-state index in [1.165, 1.54) is 11.8 Å². The fourth-order valence-corrected chi connectivity index (χ4v) is 3.80. The highest BCUT2D eigenvalue weighted by molar-refractivity contribution is 7.98. The molecule has 4 unspecified atom stereocenters. The van der Waals surface area contributed by atoms with Crippen LogP contribution in [-0.2, 0) is 30.4 Å². The average Bonchev–Trinajstić information content (AvgIpc) is 2.82. The van der Waals surface area contributed by atoms with Gasteiger partial charge in [-0.3, -0.25) is 19.2 Å². The molecule has 0 aromatic heterocycles. The molecule has 0 radical (unpaired) electrons. The minimum Gasteiger partial charge on any atom is -0.480 e. The van der Waals surface area contributed by atoms with Gasteiger partial charge < -0.3 is 32.5 Å². The lowest BCUT2D eigenvalue weighted by Crippen LogP contribution is -2.58. The second kappa shape index (κ2) is 15.8. The third-order valence-corrected chi connectivity index (χ3v) is 6.07. The predicted molar refractivity (Wildman–Crippen MR) is 138 cm³/mol. The molecular formula is C24H37N5O6S. The normalized spacial score (nSPS) is 14.2. The van der Waals surface area contributed by atoms with E-state index < -0.39 is 59.7 Å². The molecule has 1 aromatic rings. The highest BCUT2D eigenvalue weighted by atomic mass is 32.2. The maximum Gasteiger partial charge on any atom is 0.326 e. The standard InChI is InChI=1S/C24H37N5O6S/c1-14(2)20(23(33)28-18(24(34)35)13-15-7-5-4-6-8-15)29-22(32)17(9-10-19(26)30)27-21(31)16(25)11-12-36-3/h4-8,14,16-18,20H,9-13,25H2,1-3H3,(H2,26,30)(H,27,31)(H,28,33)(H,29,32)(H,34,35). The summed E-state index contributed by atoms with van der Waals surface area (Å²) >= 11 is 1.52. The van der Waals surface area contributed by atoms with E-state index in [9.17, 15) is 29.1 Å². The highest BCUT2D eigenvalue weighted by Gasteiger charge is 2.32. The third-order valence-electron chi connectivity index (χ3n) is 5.43. The minimum absolute atomic E-state index is 0.0614. The Morgan fingerprint density at radius 2 is 1.53 bits per heavy atom. The fourth-order valence-electron chi connectivity index (χ4n) is 3.31. The summed E-state index contributed by atoms with van der Waals surface area (Å²) in [6, 6.07) is 4.52. The molecule has 4 atom stereocenters. The van der Waals surface area contributed by atoms with Crippen LogP contribution in [0.3, 0.4) is 0 Å². The van der Waals surface area contributed by atoms with Gasteiger partial charge in [0.1, 0.15) is 18.1 Å². The molecule has 0 heterocycles. The SMILES string of the molecule is CSCCC(N)C(=O)NC(CCC(N)=O)C(=O)NC(C(=O)NC(Cc1ccccc1)C(=O)O)C(C)C. The van der Waals surface area contributed by atoms with Gasteiger partial charge in [-0.15, -0.1) is 0 Å². The quantitative estimate of drug-likeness (QED) is 0.171. The van der Waals surface area contributed by atoms with Gasteiger partial charge in [-0.2, -0.15) is 11.8 Å². The van der Waals surface area contributed by atoms with Crippen LogP contribution in [0.4, 0.5) is 0 Å². The lowest BCUT2D eigenvalue weighted by molar-refractivity contribution is -0.142. The van der Waals surface area contributed by atoms with Gasteiger partial charge >= 0.3 is 5.97 Å². The van der Waals surface area contributed by atoms with E-state index in [0.29, 0.717) is 12.2 Å². The number of carboxylic acid groups (broad SMARTS) is 1. The van der Waals surface area contributed by atoms with Crippen LogP contribution in [0.5, 0.6) is 0 Å². The molecule has 0 aliphatic rings. The molecule has 0 spiro atoms. The van der Waals surface area contributed by atoms with E-state index in [0.717, 1.165) is 5.56 Å². The Hall–Kier alpha value is -3.12. The third kappa shape index (κ3) is 11.1. The largest absolute Gasteiger partial charge is 0.480 e. The van der Waals surface area contributed by atoms with Crippen molar-refractivity contribution in [2.75, 3.05) is 12.0 Å². The summed E-state index contributed by atoms with van der Waals surface area (Å²) in [5.41, 5.74) is 11.8. The summed E-state index contributed by atoms with van der Waals surface area (Å²) in [6.45, 7) is 3.37. The molecule has 0 aliphatic carbocycles. The molecule has 0 bridgehead atoms. The Balaban J connectivity index is 2.96. The molecule has 1 rings (SSSR count). The van der Waals surface area contributed by atoms with Crippen LogP contribution < -0.4 is 27.4 Å². The number of benzene rings is 1. The van der Waals surface area contributed by atoms with E-state index in [4.69, 9.17) is 11.5 Å². The lowest BCUT2D eigenvalue weighted by atomic mass is 10.00. The summed E-state index contributed by atoms with van der Waals surface area (Å²) in [6.07, 6.45) is 2.08. The number of thioether (sulfide) groups is 1. The summed E-state index contributed by atoms with van der Waals surface area (Å²) < 4.78 is 0. The molecule has 36 heavy (non-hydrogen) atoms. The van der Waals surface area contributed by atoms with Crippen LogP contribution in [0.25, 0.3) is 0 Å². The molecule has 12 heteroatoms. The number of carbonyl (C=O) groups excluding carboxylic acids is 4. The first-order chi connectivity index (χ1) is 17.0. The summed E-state index contributed by atoms with van der Waals surface area (Å²) in [4.78, 5) is 61.6. The van der Waals surface area contributed by atoms with Crippen molar-refractivity contribution in [2.24, 2.45) is 17.4 Å². The first-order valence-electron chi connectivity index (χ1n) is 11.7. The maximum atomic E-state index is 13.0. The molecule has 0 saturated carbocycles. The molecular weight excluding hydrogens is 486 g/mol. The van der Waals surface area contributed by atoms with E-state index in [1.807, 2.05) is 6.26 Å². The van der Waals surface area contributed by atoms with Crippen LogP contribution in [0.15, 0.2) is 30.3 Å². The van der Waals surface area contributed by atoms with Crippen LogP contribution in [0, 0.1) is 5.92 Å². The van der Waals surface area contributed by atoms with Crippen LogP contribution >= 0.6 is 11.8 Å². The van der Waals surface area contributed by atoms with Gasteiger partial charge in [0.25, 0.3) is 0 Å². The topological polar surface area (TPSA) is 194 Å². The van der Waals surface area contributed by atoms with Crippen molar-refractivity contribution in [3.8, 4) is 0 Å². The Labute approximate surface area is 215 Å². The second-order valence-electron chi connectivity index (χ2n) is 8.77.